The summed E-state index contributed by atoms with van der Waals surface area (Å²) in [7, 11) is 0. The summed E-state index contributed by atoms with van der Waals surface area (Å²) in [6, 6.07) is 11.6. The summed E-state index contributed by atoms with van der Waals surface area (Å²) in [6.45, 7) is 2.10. The Balaban J connectivity index is 1.58. The van der Waals surface area contributed by atoms with Crippen molar-refractivity contribution >= 4 is 38.3 Å². The lowest BCUT2D eigenvalue weighted by atomic mass is 10.2. The quantitative estimate of drug-likeness (QED) is 0.773. The molecule has 0 spiro atoms. The van der Waals surface area contributed by atoms with Crippen LogP contribution in [0.1, 0.15) is 23.2 Å². The number of nitrogens with zero attached hydrogens (tertiary/aromatic N) is 2. The fraction of sp³-hybridized carbons (Fsp3) is 0.222. The number of amides is 1. The number of nitrogens with one attached hydrogen (secondary N) is 1. The first-order chi connectivity index (χ1) is 11.7. The standard InChI is InChI=1S/C18H16FN3OS/c19-14-6-2-1-5-13(14)17(23)20-12-7-8-15-16(11-12)24-18(21-15)22-9-3-4-10-22/h1-2,5-8,11H,3-4,9-10H2,(H,20,23). The third-order valence-electron chi connectivity index (χ3n) is 4.13. The number of hydrogen-bond acceptors (Lipinski definition) is 4. The molecule has 4 rings (SSSR count). The molecule has 2 aromatic carbocycles. The van der Waals surface area contributed by atoms with E-state index in [-0.39, 0.29) is 5.56 Å². The molecule has 0 bridgehead atoms. The minimum Gasteiger partial charge on any atom is -0.348 e. The van der Waals surface area contributed by atoms with Gasteiger partial charge in [-0.2, -0.15) is 0 Å². The number of hydrogen-bond donors (Lipinski definition) is 1. The van der Waals surface area contributed by atoms with Gasteiger partial charge in [-0.15, -0.1) is 0 Å². The van der Waals surface area contributed by atoms with Gasteiger partial charge in [-0.05, 0) is 43.2 Å². The number of aromatic nitrogens is 1. The summed E-state index contributed by atoms with van der Waals surface area (Å²) in [4.78, 5) is 19.2. The predicted molar refractivity (Wildman–Crippen MR) is 95.4 cm³/mol. The van der Waals surface area contributed by atoms with Gasteiger partial charge in [0.15, 0.2) is 5.13 Å². The van der Waals surface area contributed by atoms with Gasteiger partial charge >= 0.3 is 0 Å². The molecule has 1 aromatic heterocycles. The highest BCUT2D eigenvalue weighted by Crippen LogP contribution is 2.32. The van der Waals surface area contributed by atoms with Crippen LogP contribution in [-0.2, 0) is 0 Å². The lowest BCUT2D eigenvalue weighted by Crippen LogP contribution is -2.16. The number of anilines is 2. The van der Waals surface area contributed by atoms with E-state index in [0.29, 0.717) is 5.69 Å². The zero-order valence-corrected chi connectivity index (χ0v) is 13.8. The monoisotopic (exact) mass is 341 g/mol. The van der Waals surface area contributed by atoms with E-state index in [1.54, 1.807) is 29.5 Å². The second kappa shape index (κ2) is 6.20. The van der Waals surface area contributed by atoms with Crippen molar-refractivity contribution in [2.45, 2.75) is 12.8 Å². The molecular formula is C18H16FN3OS. The molecule has 1 amide bonds. The second-order valence-corrected chi connectivity index (χ2v) is 6.82. The van der Waals surface area contributed by atoms with Crippen LogP contribution in [0, 0.1) is 5.82 Å². The van der Waals surface area contributed by atoms with Crippen molar-refractivity contribution in [2.24, 2.45) is 0 Å². The van der Waals surface area contributed by atoms with Crippen LogP contribution >= 0.6 is 11.3 Å². The molecule has 0 unspecified atom stereocenters. The normalized spacial score (nSPS) is 14.3. The molecule has 1 aliphatic heterocycles. The maximum absolute atomic E-state index is 13.7. The first-order valence-corrected chi connectivity index (χ1v) is 8.74. The van der Waals surface area contributed by atoms with E-state index in [9.17, 15) is 9.18 Å². The summed E-state index contributed by atoms with van der Waals surface area (Å²) in [5.41, 5.74) is 1.61. The molecule has 4 nitrogen and oxygen atoms in total. The van der Waals surface area contributed by atoms with E-state index in [2.05, 4.69) is 15.2 Å². The number of fused-ring (bicyclic) bond motifs is 1. The van der Waals surface area contributed by atoms with Crippen LogP contribution in [0.5, 0.6) is 0 Å². The predicted octanol–water partition coefficient (Wildman–Crippen LogP) is 4.29. The van der Waals surface area contributed by atoms with Crippen LogP contribution in [0.3, 0.4) is 0 Å². The van der Waals surface area contributed by atoms with Crippen molar-refractivity contribution < 1.29 is 9.18 Å². The van der Waals surface area contributed by atoms with Gasteiger partial charge in [0.25, 0.3) is 5.91 Å². The van der Waals surface area contributed by atoms with Gasteiger partial charge in [-0.1, -0.05) is 23.5 Å². The van der Waals surface area contributed by atoms with Gasteiger partial charge in [0.1, 0.15) is 5.82 Å². The summed E-state index contributed by atoms with van der Waals surface area (Å²) in [6.07, 6.45) is 2.42. The Hall–Kier alpha value is -2.47. The minimum atomic E-state index is -0.523. The van der Waals surface area contributed by atoms with Crippen molar-refractivity contribution in [3.8, 4) is 0 Å². The Kier molecular flexibility index (Phi) is 3.90. The lowest BCUT2D eigenvalue weighted by Gasteiger charge is -2.11. The molecule has 24 heavy (non-hydrogen) atoms. The van der Waals surface area contributed by atoms with E-state index in [4.69, 9.17) is 0 Å². The van der Waals surface area contributed by atoms with E-state index in [1.807, 2.05) is 12.1 Å². The first kappa shape index (κ1) is 15.1. The van der Waals surface area contributed by atoms with Crippen LogP contribution < -0.4 is 10.2 Å². The molecule has 6 heteroatoms. The van der Waals surface area contributed by atoms with Crippen LogP contribution in [0.15, 0.2) is 42.5 Å². The van der Waals surface area contributed by atoms with Crippen molar-refractivity contribution in [3.63, 3.8) is 0 Å². The largest absolute Gasteiger partial charge is 0.348 e. The molecule has 3 aromatic rings. The fourth-order valence-corrected chi connectivity index (χ4v) is 3.93. The van der Waals surface area contributed by atoms with Crippen LogP contribution in [0.4, 0.5) is 15.2 Å². The van der Waals surface area contributed by atoms with E-state index in [1.165, 1.54) is 25.0 Å². The van der Waals surface area contributed by atoms with Gasteiger partial charge in [-0.3, -0.25) is 4.79 Å². The molecule has 1 aliphatic rings. The third kappa shape index (κ3) is 2.85. The first-order valence-electron chi connectivity index (χ1n) is 7.92. The zero-order chi connectivity index (χ0) is 16.5. The number of rotatable bonds is 3. The molecule has 2 heterocycles. The average Bonchev–Trinajstić information content (AvgIpc) is 3.24. The molecule has 1 N–H and O–H groups in total. The highest BCUT2D eigenvalue weighted by Gasteiger charge is 2.17. The highest BCUT2D eigenvalue weighted by molar-refractivity contribution is 7.22. The maximum atomic E-state index is 13.7. The van der Waals surface area contributed by atoms with Crippen LogP contribution in [0.2, 0.25) is 0 Å². The maximum Gasteiger partial charge on any atom is 0.258 e. The van der Waals surface area contributed by atoms with E-state index in [0.717, 1.165) is 28.4 Å². The number of carbonyl (C=O) groups is 1. The molecule has 122 valence electrons. The Bertz CT molecular complexity index is 902. The summed E-state index contributed by atoms with van der Waals surface area (Å²) in [5.74, 6) is -0.970. The van der Waals surface area contributed by atoms with Crippen molar-refractivity contribution in [1.29, 1.82) is 0 Å². The second-order valence-electron chi connectivity index (χ2n) is 5.81. The van der Waals surface area contributed by atoms with Crippen molar-refractivity contribution in [2.75, 3.05) is 23.3 Å². The number of halogens is 1. The highest BCUT2D eigenvalue weighted by atomic mass is 32.1. The topological polar surface area (TPSA) is 45.2 Å². The summed E-state index contributed by atoms with van der Waals surface area (Å²) >= 11 is 1.62. The molecule has 0 radical (unpaired) electrons. The molecular weight excluding hydrogens is 325 g/mol. The van der Waals surface area contributed by atoms with Crippen molar-refractivity contribution in [1.82, 2.24) is 4.98 Å². The number of benzene rings is 2. The molecule has 1 fully saturated rings. The van der Waals surface area contributed by atoms with E-state index < -0.39 is 11.7 Å². The van der Waals surface area contributed by atoms with Crippen LogP contribution in [0.25, 0.3) is 10.2 Å². The van der Waals surface area contributed by atoms with Crippen LogP contribution in [-0.4, -0.2) is 24.0 Å². The Labute approximate surface area is 142 Å². The lowest BCUT2D eigenvalue weighted by molar-refractivity contribution is 0.102. The number of thiazole rings is 1. The summed E-state index contributed by atoms with van der Waals surface area (Å²) in [5, 5.41) is 3.78. The van der Waals surface area contributed by atoms with Gasteiger partial charge in [0.2, 0.25) is 0 Å². The molecule has 0 saturated carbocycles. The zero-order valence-electron chi connectivity index (χ0n) is 13.0. The Morgan fingerprint density at radius 1 is 1.17 bits per heavy atom. The molecule has 0 atom stereocenters. The fourth-order valence-electron chi connectivity index (χ4n) is 2.88. The Morgan fingerprint density at radius 3 is 2.75 bits per heavy atom. The molecule has 1 saturated heterocycles. The number of carbonyl (C=O) groups excluding carboxylic acids is 1. The third-order valence-corrected chi connectivity index (χ3v) is 5.21. The Morgan fingerprint density at radius 2 is 1.96 bits per heavy atom. The van der Waals surface area contributed by atoms with Crippen molar-refractivity contribution in [3.05, 3.63) is 53.8 Å². The molecule has 0 aliphatic carbocycles. The van der Waals surface area contributed by atoms with Gasteiger partial charge in [0.05, 0.1) is 15.8 Å². The van der Waals surface area contributed by atoms with Gasteiger partial charge in [0, 0.05) is 18.8 Å². The summed E-state index contributed by atoms with van der Waals surface area (Å²) < 4.78 is 14.7. The SMILES string of the molecule is O=C(Nc1ccc2nc(N3CCCC3)sc2c1)c1ccccc1F. The van der Waals surface area contributed by atoms with Gasteiger partial charge < -0.3 is 10.2 Å². The minimum absolute atomic E-state index is 0.0413. The smallest absolute Gasteiger partial charge is 0.258 e. The van der Waals surface area contributed by atoms with E-state index >= 15 is 0 Å². The van der Waals surface area contributed by atoms with Gasteiger partial charge in [-0.25, -0.2) is 9.37 Å². The average molecular weight is 341 g/mol.